The van der Waals surface area contributed by atoms with Crippen molar-refractivity contribution in [2.75, 3.05) is 0 Å². The van der Waals surface area contributed by atoms with Gasteiger partial charge in [-0.3, -0.25) is 0 Å². The first-order valence-electron chi connectivity index (χ1n) is 17.3. The molecule has 1 fully saturated rings. The van der Waals surface area contributed by atoms with Crippen LogP contribution in [0.4, 0.5) is 25.2 Å². The zero-order valence-electron chi connectivity index (χ0n) is 30.2. The van der Waals surface area contributed by atoms with Crippen LogP contribution >= 0.6 is 23.7 Å². The van der Waals surface area contributed by atoms with Crippen LogP contribution in [0.2, 0.25) is 0 Å². The Morgan fingerprint density at radius 1 is 0.339 bits per heavy atom. The van der Waals surface area contributed by atoms with Crippen LogP contribution in [-0.4, -0.2) is 18.1 Å². The van der Waals surface area contributed by atoms with Crippen LogP contribution in [0.15, 0.2) is 182 Å². The Morgan fingerprint density at radius 3 is 0.589 bits per heavy atom. The summed E-state index contributed by atoms with van der Waals surface area (Å²) >= 11 is 0. The molecule has 0 radical (unpaired) electrons. The van der Waals surface area contributed by atoms with E-state index in [1.807, 2.05) is 0 Å². The molecule has 300 valence electrons. The maximum Gasteiger partial charge on any atom is 2.00 e. The molecule has 7 rings (SSSR count). The van der Waals surface area contributed by atoms with Gasteiger partial charge in [-0.2, -0.15) is 0 Å². The van der Waals surface area contributed by atoms with E-state index in [2.05, 4.69) is 182 Å². The molecule has 0 aliphatic heterocycles. The normalized spacial score (nSPS) is 17.3. The molecule has 1 aliphatic rings. The van der Waals surface area contributed by atoms with Gasteiger partial charge in [0, 0.05) is 18.1 Å². The second-order valence-electron chi connectivity index (χ2n) is 12.6. The van der Waals surface area contributed by atoms with E-state index in [-0.39, 0.29) is 50.0 Å². The second-order valence-corrected chi connectivity index (χ2v) is 19.0. The summed E-state index contributed by atoms with van der Waals surface area (Å²) in [5.74, 6) is 0. The Morgan fingerprint density at radius 2 is 0.464 bits per heavy atom. The van der Waals surface area contributed by atoms with Gasteiger partial charge in [-0.15, -0.1) is 0 Å². The standard InChI is InChI=1S/2C18H15P.C6H15N3.ClH.F6P.Ru/c2*1-4-10-16(11-5-1)19(17-12-6-2-7-13-17)18-14-8-3-9-15-18;7-4-1-5(8)3-6(9)2-4;;1-7(2,3,4,5)6;/h2*1-15H;4-6H,1-3,7-9H2;1H;;/q;;;;-1;+2/p-1. The zero-order valence-corrected chi connectivity index (χ0v) is 35.4. The van der Waals surface area contributed by atoms with Gasteiger partial charge in [0.05, 0.1) is 0 Å². The maximum absolute atomic E-state index is 10.7. The Kier molecular flexibility index (Phi) is 19.5. The molecule has 0 saturated heterocycles. The fraction of sp³-hybridized carbons (Fsp3) is 0.143. The van der Waals surface area contributed by atoms with Crippen LogP contribution in [0, 0.1) is 0 Å². The van der Waals surface area contributed by atoms with Gasteiger partial charge in [-0.05, 0) is 66.9 Å². The minimum atomic E-state index is -10.7. The number of nitrogens with two attached hydrogens (primary N) is 3. The first-order chi connectivity index (χ1) is 25.5. The summed E-state index contributed by atoms with van der Waals surface area (Å²) < 4.78 is 59.2. The van der Waals surface area contributed by atoms with E-state index < -0.39 is 23.7 Å². The first-order valence-corrected chi connectivity index (χ1v) is 22.0. The molecule has 0 atom stereocenters. The number of halogens is 7. The van der Waals surface area contributed by atoms with E-state index in [0.717, 1.165) is 19.3 Å². The van der Waals surface area contributed by atoms with Gasteiger partial charge >= 0.3 is 52.5 Å². The SMILES string of the molecule is F[P-](F)(F)(F)(F)F.NC1CC(N)CC(N)C1.[Cl-].[Ru+2].c1ccc(P(c2ccccc2)c2ccccc2)cc1.c1ccc(P(c2ccccc2)c2ccccc2)cc1. The van der Waals surface area contributed by atoms with E-state index in [1.54, 1.807) is 0 Å². The topological polar surface area (TPSA) is 78.1 Å². The predicted molar refractivity (Wildman–Crippen MR) is 222 cm³/mol. The van der Waals surface area contributed by atoms with Crippen LogP contribution in [0.5, 0.6) is 0 Å². The molecule has 0 heterocycles. The van der Waals surface area contributed by atoms with Crippen molar-refractivity contribution in [3.63, 3.8) is 0 Å². The fourth-order valence-electron chi connectivity index (χ4n) is 5.81. The van der Waals surface area contributed by atoms with Crippen LogP contribution in [-0.2, 0) is 19.5 Å². The number of rotatable bonds is 6. The molecule has 14 heteroatoms. The molecule has 6 aromatic carbocycles. The summed E-state index contributed by atoms with van der Waals surface area (Å²) in [6, 6.07) is 65.4. The molecule has 1 aliphatic carbocycles. The van der Waals surface area contributed by atoms with Gasteiger partial charge in [-0.1, -0.05) is 182 Å². The van der Waals surface area contributed by atoms with Crippen molar-refractivity contribution >= 4 is 55.5 Å². The Balaban J connectivity index is 0.000000275. The fourth-order valence-corrected chi connectivity index (χ4v) is 10.4. The van der Waals surface area contributed by atoms with Gasteiger partial charge in [0.1, 0.15) is 0 Å². The predicted octanol–water partition coefficient (Wildman–Crippen LogP) is 6.43. The number of hydrogen-bond donors (Lipinski definition) is 3. The van der Waals surface area contributed by atoms with Gasteiger partial charge in [0.2, 0.25) is 0 Å². The molecule has 56 heavy (non-hydrogen) atoms. The quantitative estimate of drug-likeness (QED) is 0.103. The third kappa shape index (κ3) is 19.4. The van der Waals surface area contributed by atoms with E-state index >= 15 is 0 Å². The third-order valence-electron chi connectivity index (χ3n) is 7.90. The molecule has 0 spiro atoms. The average molecular weight is 935 g/mol. The van der Waals surface area contributed by atoms with Crippen molar-refractivity contribution in [2.24, 2.45) is 17.2 Å². The van der Waals surface area contributed by atoms with Crippen LogP contribution < -0.4 is 61.4 Å². The molecule has 1 saturated carbocycles. The van der Waals surface area contributed by atoms with Gasteiger partial charge < -0.3 is 29.6 Å². The van der Waals surface area contributed by atoms with Crippen LogP contribution in [0.25, 0.3) is 0 Å². The van der Waals surface area contributed by atoms with Crippen molar-refractivity contribution in [3.8, 4) is 0 Å². The van der Waals surface area contributed by atoms with Gasteiger partial charge in [0.25, 0.3) is 0 Å². The number of benzene rings is 6. The molecule has 0 unspecified atom stereocenters. The van der Waals surface area contributed by atoms with Crippen molar-refractivity contribution in [3.05, 3.63) is 182 Å². The first kappa shape index (κ1) is 49.1. The summed E-state index contributed by atoms with van der Waals surface area (Å²) in [7, 11) is -11.5. The molecule has 6 N–H and O–H groups in total. The van der Waals surface area contributed by atoms with Gasteiger partial charge in [-0.25, -0.2) is 0 Å². The number of hydrogen-bond acceptors (Lipinski definition) is 3. The smallest absolute Gasteiger partial charge is 1.00 e. The Labute approximate surface area is 347 Å². The van der Waals surface area contributed by atoms with Crippen LogP contribution in [0.3, 0.4) is 0 Å². The summed E-state index contributed by atoms with van der Waals surface area (Å²) in [5, 5.41) is 8.39. The molecular formula is C42H45ClF6N3P3Ru. The van der Waals surface area contributed by atoms with Crippen molar-refractivity contribution in [2.45, 2.75) is 37.4 Å². The largest absolute Gasteiger partial charge is 2.00 e. The van der Waals surface area contributed by atoms with E-state index in [0.29, 0.717) is 0 Å². The van der Waals surface area contributed by atoms with Gasteiger partial charge in [0.15, 0.2) is 0 Å². The molecule has 0 aromatic heterocycles. The second kappa shape index (κ2) is 22.2. The molecule has 0 amide bonds. The molecule has 6 aromatic rings. The minimum Gasteiger partial charge on any atom is -1.00 e. The van der Waals surface area contributed by atoms with E-state index in [9.17, 15) is 25.2 Å². The summed E-state index contributed by atoms with van der Waals surface area (Å²) in [4.78, 5) is 0. The van der Waals surface area contributed by atoms with Crippen LogP contribution in [0.1, 0.15) is 19.3 Å². The minimum absolute atomic E-state index is 0. The van der Waals surface area contributed by atoms with Crippen molar-refractivity contribution in [1.82, 2.24) is 0 Å². The summed E-state index contributed by atoms with van der Waals surface area (Å²) in [6.45, 7) is 0. The Bertz CT molecular complexity index is 1600. The summed E-state index contributed by atoms with van der Waals surface area (Å²) in [6.07, 6.45) is 2.81. The Hall–Kier alpha value is -3.02. The van der Waals surface area contributed by atoms with E-state index in [4.69, 9.17) is 17.2 Å². The summed E-state index contributed by atoms with van der Waals surface area (Å²) in [5.41, 5.74) is 17.0. The third-order valence-corrected chi connectivity index (χ3v) is 12.8. The van der Waals surface area contributed by atoms with Crippen molar-refractivity contribution < 1.29 is 57.1 Å². The van der Waals surface area contributed by atoms with Crippen molar-refractivity contribution in [1.29, 1.82) is 0 Å². The molecular weight excluding hydrogens is 890 g/mol. The average Bonchev–Trinajstić information content (AvgIpc) is 3.13. The molecule has 3 nitrogen and oxygen atoms in total. The molecule has 0 bridgehead atoms. The zero-order chi connectivity index (χ0) is 39.1. The van der Waals surface area contributed by atoms with E-state index in [1.165, 1.54) is 31.8 Å². The monoisotopic (exact) mass is 935 g/mol. The maximum atomic E-state index is 9.87.